The quantitative estimate of drug-likeness (QED) is 0.132. The van der Waals surface area contributed by atoms with E-state index in [-0.39, 0.29) is 0 Å². The summed E-state index contributed by atoms with van der Waals surface area (Å²) in [5, 5.41) is 0. The summed E-state index contributed by atoms with van der Waals surface area (Å²) in [6.45, 7) is 0. The molecule has 0 fully saturated rings. The summed E-state index contributed by atoms with van der Waals surface area (Å²) in [4.78, 5) is 2.51. The summed E-state index contributed by atoms with van der Waals surface area (Å²) in [5.74, 6) is 0. The maximum absolute atomic E-state index is 2.51. The standard InChI is InChI=1S/C81H55N/c1-7-26-57(27-8-1)79(58-28-9-2-10-29-58)74-44-24-21-40-71(74)78-66(41-25-45-75(78)79)56-46-48-63(49-47-56)82(64-50-52-69-67-38-19-22-42-72(67)80(76(69)54-64,59-30-11-3-12-31-59)60-32-13-4-14-33-60)65-51-53-70-68-39-20-23-43-73(68)81(77(70)55-65,61-34-15-5-16-35-61)62-36-17-6-18-37-62/h1-55H. The molecule has 0 saturated heterocycles. The van der Waals surface area contributed by atoms with Crippen LogP contribution in [0.2, 0.25) is 0 Å². The van der Waals surface area contributed by atoms with Gasteiger partial charge in [-0.15, -0.1) is 0 Å². The van der Waals surface area contributed by atoms with Crippen LogP contribution < -0.4 is 4.90 Å². The lowest BCUT2D eigenvalue weighted by atomic mass is 9.67. The first kappa shape index (κ1) is 47.6. The molecule has 0 saturated carbocycles. The molecule has 0 atom stereocenters. The third kappa shape index (κ3) is 6.74. The fourth-order valence-corrected chi connectivity index (χ4v) is 15.1. The SMILES string of the molecule is c1ccc(C2(c3ccccc3)c3ccccc3-c3ccc(N(c4ccc(-c5cccc6c5-c5ccccc5C6(c5ccccc5)c5ccccc5)cc4)c4ccc5c(c4)C(c4ccccc4)(c4ccccc4)c4ccccc4-5)cc32)cc1. The molecule has 0 unspecified atom stereocenters. The summed E-state index contributed by atoms with van der Waals surface area (Å²) in [6.07, 6.45) is 0. The van der Waals surface area contributed by atoms with Gasteiger partial charge in [0.15, 0.2) is 0 Å². The number of fused-ring (bicyclic) bond motifs is 9. The van der Waals surface area contributed by atoms with Crippen LogP contribution in [0.1, 0.15) is 66.8 Å². The molecule has 13 aromatic carbocycles. The van der Waals surface area contributed by atoms with Gasteiger partial charge in [0.1, 0.15) is 0 Å². The van der Waals surface area contributed by atoms with Crippen LogP contribution in [0.5, 0.6) is 0 Å². The number of benzene rings is 13. The van der Waals surface area contributed by atoms with Gasteiger partial charge in [0.05, 0.1) is 16.2 Å². The first-order valence-electron chi connectivity index (χ1n) is 28.7. The van der Waals surface area contributed by atoms with Crippen LogP contribution in [0.4, 0.5) is 17.1 Å². The van der Waals surface area contributed by atoms with Gasteiger partial charge in [0, 0.05) is 17.1 Å². The Kier molecular flexibility index (Phi) is 11.0. The molecule has 384 valence electrons. The van der Waals surface area contributed by atoms with E-state index in [1.807, 2.05) is 0 Å². The van der Waals surface area contributed by atoms with Crippen molar-refractivity contribution in [1.29, 1.82) is 0 Å². The van der Waals surface area contributed by atoms with E-state index in [2.05, 4.69) is 339 Å². The minimum Gasteiger partial charge on any atom is -0.310 e. The smallest absolute Gasteiger partial charge is 0.0714 e. The Labute approximate surface area is 480 Å². The molecular formula is C81H55N. The normalized spacial score (nSPS) is 14.1. The Morgan fingerprint density at radius 2 is 0.463 bits per heavy atom. The molecule has 0 spiro atoms. The second kappa shape index (κ2) is 18.9. The van der Waals surface area contributed by atoms with Crippen LogP contribution in [0.25, 0.3) is 44.5 Å². The van der Waals surface area contributed by atoms with E-state index in [0.29, 0.717) is 0 Å². The molecular weight excluding hydrogens is 987 g/mol. The van der Waals surface area contributed by atoms with Crippen molar-refractivity contribution in [3.8, 4) is 44.5 Å². The lowest BCUT2D eigenvalue weighted by molar-refractivity contribution is 0.767. The maximum Gasteiger partial charge on any atom is 0.0714 e. The number of anilines is 3. The molecule has 0 heterocycles. The molecule has 0 bridgehead atoms. The highest BCUT2D eigenvalue weighted by Crippen LogP contribution is 2.61. The van der Waals surface area contributed by atoms with E-state index in [1.54, 1.807) is 0 Å². The number of rotatable bonds is 10. The zero-order chi connectivity index (χ0) is 54.2. The molecule has 0 aliphatic heterocycles. The summed E-state index contributed by atoms with van der Waals surface area (Å²) in [7, 11) is 0. The van der Waals surface area contributed by atoms with Crippen LogP contribution in [0, 0.1) is 0 Å². The van der Waals surface area contributed by atoms with E-state index < -0.39 is 16.2 Å². The summed E-state index contributed by atoms with van der Waals surface area (Å²) < 4.78 is 0. The van der Waals surface area contributed by atoms with Crippen LogP contribution in [0.3, 0.4) is 0 Å². The van der Waals surface area contributed by atoms with Gasteiger partial charge < -0.3 is 4.90 Å². The van der Waals surface area contributed by atoms with Gasteiger partial charge in [-0.3, -0.25) is 0 Å². The summed E-state index contributed by atoms with van der Waals surface area (Å²) in [5.41, 5.74) is 26.8. The van der Waals surface area contributed by atoms with Gasteiger partial charge in [-0.1, -0.05) is 297 Å². The zero-order valence-electron chi connectivity index (χ0n) is 45.2. The Bertz CT molecular complexity index is 4230. The number of hydrogen-bond donors (Lipinski definition) is 0. The second-order valence-corrected chi connectivity index (χ2v) is 22.2. The molecule has 0 aromatic heterocycles. The molecule has 1 nitrogen and oxygen atoms in total. The minimum atomic E-state index is -0.575. The lowest BCUT2D eigenvalue weighted by Crippen LogP contribution is -2.29. The van der Waals surface area contributed by atoms with Gasteiger partial charge in [-0.25, -0.2) is 0 Å². The third-order valence-corrected chi connectivity index (χ3v) is 18.3. The van der Waals surface area contributed by atoms with Crippen molar-refractivity contribution in [2.24, 2.45) is 0 Å². The molecule has 0 N–H and O–H groups in total. The number of hydrogen-bond acceptors (Lipinski definition) is 1. The lowest BCUT2D eigenvalue weighted by Gasteiger charge is -2.36. The molecule has 1 heteroatoms. The molecule has 3 aliphatic carbocycles. The largest absolute Gasteiger partial charge is 0.310 e. The van der Waals surface area contributed by atoms with E-state index in [4.69, 9.17) is 0 Å². The molecule has 0 radical (unpaired) electrons. The molecule has 16 rings (SSSR count). The second-order valence-electron chi connectivity index (χ2n) is 22.2. The number of nitrogens with zero attached hydrogens (tertiary/aromatic N) is 1. The van der Waals surface area contributed by atoms with E-state index >= 15 is 0 Å². The summed E-state index contributed by atoms with van der Waals surface area (Å²) >= 11 is 0. The first-order chi connectivity index (χ1) is 40.7. The van der Waals surface area contributed by atoms with Crippen molar-refractivity contribution >= 4 is 17.1 Å². The average Bonchev–Trinajstić information content (AvgIpc) is 2.29. The van der Waals surface area contributed by atoms with E-state index in [9.17, 15) is 0 Å². The molecule has 82 heavy (non-hydrogen) atoms. The highest BCUT2D eigenvalue weighted by atomic mass is 15.1. The minimum absolute atomic E-state index is 0.495. The fourth-order valence-electron chi connectivity index (χ4n) is 15.1. The van der Waals surface area contributed by atoms with Crippen LogP contribution in [0.15, 0.2) is 334 Å². The molecule has 0 amide bonds. The van der Waals surface area contributed by atoms with Crippen molar-refractivity contribution < 1.29 is 0 Å². The van der Waals surface area contributed by atoms with Gasteiger partial charge in [0.2, 0.25) is 0 Å². The van der Waals surface area contributed by atoms with Crippen LogP contribution >= 0.6 is 0 Å². The third-order valence-electron chi connectivity index (χ3n) is 18.3. The van der Waals surface area contributed by atoms with Gasteiger partial charge in [-0.05, 0) is 148 Å². The predicted molar refractivity (Wildman–Crippen MR) is 338 cm³/mol. The summed E-state index contributed by atoms with van der Waals surface area (Å²) in [6, 6.07) is 125. The highest BCUT2D eigenvalue weighted by molar-refractivity contribution is 5.97. The van der Waals surface area contributed by atoms with Crippen molar-refractivity contribution in [3.05, 3.63) is 400 Å². The van der Waals surface area contributed by atoms with E-state index in [1.165, 1.54) is 111 Å². The first-order valence-corrected chi connectivity index (χ1v) is 28.7. The molecule has 3 aliphatic rings. The Morgan fingerprint density at radius 1 is 0.183 bits per heavy atom. The van der Waals surface area contributed by atoms with Crippen molar-refractivity contribution in [1.82, 2.24) is 0 Å². The maximum atomic E-state index is 2.51. The Morgan fingerprint density at radius 3 is 0.854 bits per heavy atom. The Balaban J connectivity index is 0.932. The monoisotopic (exact) mass is 1040 g/mol. The highest BCUT2D eigenvalue weighted by Gasteiger charge is 2.49. The fraction of sp³-hybridized carbons (Fsp3) is 0.0370. The van der Waals surface area contributed by atoms with Crippen molar-refractivity contribution in [2.75, 3.05) is 4.90 Å². The predicted octanol–water partition coefficient (Wildman–Crippen LogP) is 19.9. The van der Waals surface area contributed by atoms with Crippen LogP contribution in [-0.2, 0) is 16.2 Å². The average molecular weight is 1040 g/mol. The zero-order valence-corrected chi connectivity index (χ0v) is 45.2. The Hall–Kier alpha value is -10.3. The van der Waals surface area contributed by atoms with E-state index in [0.717, 1.165) is 17.1 Å². The van der Waals surface area contributed by atoms with Gasteiger partial charge in [0.25, 0.3) is 0 Å². The van der Waals surface area contributed by atoms with Gasteiger partial charge in [-0.2, -0.15) is 0 Å². The van der Waals surface area contributed by atoms with Crippen molar-refractivity contribution in [3.63, 3.8) is 0 Å². The molecule has 13 aromatic rings. The van der Waals surface area contributed by atoms with Crippen LogP contribution in [-0.4, -0.2) is 0 Å². The topological polar surface area (TPSA) is 3.24 Å². The van der Waals surface area contributed by atoms with Gasteiger partial charge >= 0.3 is 0 Å². The van der Waals surface area contributed by atoms with Crippen molar-refractivity contribution in [2.45, 2.75) is 16.2 Å².